The summed E-state index contributed by atoms with van der Waals surface area (Å²) in [4.78, 5) is 8.56. The first-order valence-corrected chi connectivity index (χ1v) is 9.11. The lowest BCUT2D eigenvalue weighted by Crippen LogP contribution is -2.48. The van der Waals surface area contributed by atoms with Crippen LogP contribution in [0.4, 0.5) is 0 Å². The van der Waals surface area contributed by atoms with Crippen molar-refractivity contribution >= 4 is 16.3 Å². The van der Waals surface area contributed by atoms with Gasteiger partial charge in [-0.25, -0.2) is 4.98 Å². The largest absolute Gasteiger partial charge is 0.311 e. The molecule has 1 N–H and O–H groups in total. The van der Waals surface area contributed by atoms with Crippen molar-refractivity contribution in [3.63, 3.8) is 0 Å². The Bertz CT molecular complexity index is 564. The zero-order valence-corrected chi connectivity index (χ0v) is 13.5. The lowest BCUT2D eigenvalue weighted by molar-refractivity contribution is 0.132. The van der Waals surface area contributed by atoms with E-state index in [4.69, 9.17) is 4.98 Å². The summed E-state index contributed by atoms with van der Waals surface area (Å²) >= 11 is 1.72. The Balaban J connectivity index is 1.49. The Morgan fingerprint density at radius 1 is 1.38 bits per heavy atom. The summed E-state index contributed by atoms with van der Waals surface area (Å²) in [7, 11) is 0. The molecule has 0 spiro atoms. The second-order valence-electron chi connectivity index (χ2n) is 6.56. The van der Waals surface area contributed by atoms with Crippen LogP contribution in [0.2, 0.25) is 0 Å². The monoisotopic (exact) mass is 304 g/mol. The molecule has 2 bridgehead atoms. The SMILES string of the molecule is CCCN(Cc1cn2ccsc2n1)C1CC2CCC(C1)N2. The van der Waals surface area contributed by atoms with E-state index in [-0.39, 0.29) is 0 Å². The van der Waals surface area contributed by atoms with Gasteiger partial charge in [0, 0.05) is 42.4 Å². The Morgan fingerprint density at radius 2 is 2.19 bits per heavy atom. The van der Waals surface area contributed by atoms with E-state index in [1.807, 2.05) is 0 Å². The van der Waals surface area contributed by atoms with Crippen molar-refractivity contribution in [3.8, 4) is 0 Å². The number of nitrogens with zero attached hydrogens (tertiary/aromatic N) is 3. The van der Waals surface area contributed by atoms with Crippen LogP contribution in [-0.2, 0) is 6.54 Å². The number of hydrogen-bond acceptors (Lipinski definition) is 4. The molecule has 4 heterocycles. The minimum atomic E-state index is 0.739. The average Bonchev–Trinajstić information content (AvgIpc) is 3.13. The van der Waals surface area contributed by atoms with E-state index in [0.717, 1.165) is 29.6 Å². The summed E-state index contributed by atoms with van der Waals surface area (Å²) in [6, 6.07) is 2.26. The van der Waals surface area contributed by atoms with Crippen molar-refractivity contribution < 1.29 is 0 Å². The zero-order chi connectivity index (χ0) is 14.2. The highest BCUT2D eigenvalue weighted by molar-refractivity contribution is 7.15. The average molecular weight is 304 g/mol. The van der Waals surface area contributed by atoms with Gasteiger partial charge in [-0.2, -0.15) is 0 Å². The Hall–Kier alpha value is -0.910. The first kappa shape index (κ1) is 13.7. The van der Waals surface area contributed by atoms with E-state index in [1.54, 1.807) is 11.3 Å². The number of piperidine rings is 1. The van der Waals surface area contributed by atoms with Crippen LogP contribution in [-0.4, -0.2) is 39.0 Å². The third-order valence-electron chi connectivity index (χ3n) is 4.98. The van der Waals surface area contributed by atoms with Crippen LogP contribution < -0.4 is 5.32 Å². The Morgan fingerprint density at radius 3 is 2.90 bits per heavy atom. The summed E-state index contributed by atoms with van der Waals surface area (Å²) in [5.74, 6) is 0. The number of fused-ring (bicyclic) bond motifs is 3. The topological polar surface area (TPSA) is 32.6 Å². The number of aromatic nitrogens is 2. The second kappa shape index (κ2) is 5.71. The predicted molar refractivity (Wildman–Crippen MR) is 86.7 cm³/mol. The molecule has 2 aromatic rings. The van der Waals surface area contributed by atoms with Crippen molar-refractivity contribution in [2.45, 2.75) is 63.7 Å². The summed E-state index contributed by atoms with van der Waals surface area (Å²) in [6.45, 7) is 4.48. The van der Waals surface area contributed by atoms with E-state index in [9.17, 15) is 0 Å². The molecule has 2 aromatic heterocycles. The quantitative estimate of drug-likeness (QED) is 0.922. The first-order chi connectivity index (χ1) is 10.3. The molecule has 0 aliphatic carbocycles. The molecule has 2 aliphatic rings. The molecule has 0 saturated carbocycles. The molecule has 0 aromatic carbocycles. The van der Waals surface area contributed by atoms with Crippen molar-refractivity contribution in [2.24, 2.45) is 0 Å². The highest BCUT2D eigenvalue weighted by atomic mass is 32.1. The fourth-order valence-corrected chi connectivity index (χ4v) is 4.78. The van der Waals surface area contributed by atoms with Gasteiger partial charge in [-0.1, -0.05) is 6.92 Å². The van der Waals surface area contributed by atoms with E-state index in [1.165, 1.54) is 44.3 Å². The highest BCUT2D eigenvalue weighted by Gasteiger charge is 2.35. The van der Waals surface area contributed by atoms with Gasteiger partial charge in [0.05, 0.1) is 5.69 Å². The fourth-order valence-electron chi connectivity index (χ4n) is 4.06. The number of hydrogen-bond donors (Lipinski definition) is 1. The van der Waals surface area contributed by atoms with Gasteiger partial charge in [-0.3, -0.25) is 9.30 Å². The van der Waals surface area contributed by atoms with Crippen LogP contribution in [0.25, 0.3) is 4.96 Å². The van der Waals surface area contributed by atoms with Gasteiger partial charge in [0.15, 0.2) is 4.96 Å². The van der Waals surface area contributed by atoms with Gasteiger partial charge in [0.25, 0.3) is 0 Å². The lowest BCUT2D eigenvalue weighted by Gasteiger charge is -2.37. The minimum Gasteiger partial charge on any atom is -0.311 e. The van der Waals surface area contributed by atoms with Crippen LogP contribution in [0.5, 0.6) is 0 Å². The van der Waals surface area contributed by atoms with Crippen LogP contribution in [0, 0.1) is 0 Å². The van der Waals surface area contributed by atoms with E-state index in [0.29, 0.717) is 0 Å². The maximum absolute atomic E-state index is 4.77. The van der Waals surface area contributed by atoms with Gasteiger partial charge < -0.3 is 5.32 Å². The zero-order valence-electron chi connectivity index (χ0n) is 12.7. The number of imidazole rings is 1. The predicted octanol–water partition coefficient (Wildman–Crippen LogP) is 2.89. The number of rotatable bonds is 5. The van der Waals surface area contributed by atoms with Crippen molar-refractivity contribution in [2.75, 3.05) is 6.54 Å². The molecule has 4 nitrogen and oxygen atoms in total. The van der Waals surface area contributed by atoms with Crippen LogP contribution in [0.3, 0.4) is 0 Å². The van der Waals surface area contributed by atoms with Crippen LogP contribution >= 0.6 is 11.3 Å². The van der Waals surface area contributed by atoms with Gasteiger partial charge >= 0.3 is 0 Å². The molecular formula is C16H24N4S. The molecule has 5 heteroatoms. The highest BCUT2D eigenvalue weighted by Crippen LogP contribution is 2.30. The maximum atomic E-state index is 4.77. The molecule has 0 radical (unpaired) electrons. The normalized spacial score (nSPS) is 28.8. The maximum Gasteiger partial charge on any atom is 0.193 e. The van der Waals surface area contributed by atoms with Crippen molar-refractivity contribution in [1.29, 1.82) is 0 Å². The summed E-state index contributed by atoms with van der Waals surface area (Å²) < 4.78 is 2.15. The van der Waals surface area contributed by atoms with E-state index >= 15 is 0 Å². The third-order valence-corrected chi connectivity index (χ3v) is 5.75. The molecule has 114 valence electrons. The smallest absolute Gasteiger partial charge is 0.193 e. The second-order valence-corrected chi connectivity index (χ2v) is 7.43. The Kier molecular flexibility index (Phi) is 3.73. The van der Waals surface area contributed by atoms with Gasteiger partial charge in [0.2, 0.25) is 0 Å². The molecule has 4 rings (SSSR count). The third kappa shape index (κ3) is 2.74. The standard InChI is InChI=1S/C16H24N4S/c1-2-5-19(15-8-12-3-4-13(9-15)17-12)10-14-11-20-6-7-21-16(20)18-14/h6-7,11-13,15,17H,2-5,8-10H2,1H3. The molecular weight excluding hydrogens is 280 g/mol. The van der Waals surface area contributed by atoms with E-state index in [2.05, 4.69) is 39.3 Å². The van der Waals surface area contributed by atoms with Gasteiger partial charge in [-0.15, -0.1) is 11.3 Å². The molecule has 2 saturated heterocycles. The summed E-state index contributed by atoms with van der Waals surface area (Å²) in [5, 5.41) is 5.85. The van der Waals surface area contributed by atoms with Gasteiger partial charge in [0.1, 0.15) is 0 Å². The van der Waals surface area contributed by atoms with Crippen LogP contribution in [0.1, 0.15) is 44.7 Å². The number of nitrogens with one attached hydrogen (secondary N) is 1. The van der Waals surface area contributed by atoms with Crippen molar-refractivity contribution in [3.05, 3.63) is 23.5 Å². The lowest BCUT2D eigenvalue weighted by atomic mass is 9.98. The molecule has 2 aliphatic heterocycles. The minimum absolute atomic E-state index is 0.739. The van der Waals surface area contributed by atoms with Crippen LogP contribution in [0.15, 0.2) is 17.8 Å². The summed E-state index contributed by atoms with van der Waals surface area (Å²) in [5.41, 5.74) is 1.22. The molecule has 21 heavy (non-hydrogen) atoms. The summed E-state index contributed by atoms with van der Waals surface area (Å²) in [6.07, 6.45) is 10.9. The molecule has 2 unspecified atom stereocenters. The van der Waals surface area contributed by atoms with Crippen molar-refractivity contribution in [1.82, 2.24) is 19.6 Å². The number of thiazole rings is 1. The molecule has 0 amide bonds. The molecule has 2 atom stereocenters. The fraction of sp³-hybridized carbons (Fsp3) is 0.688. The first-order valence-electron chi connectivity index (χ1n) is 8.23. The molecule has 2 fully saturated rings. The van der Waals surface area contributed by atoms with E-state index < -0.39 is 0 Å². The van der Waals surface area contributed by atoms with Gasteiger partial charge in [-0.05, 0) is 38.6 Å². The Labute approximate surface area is 130 Å².